The van der Waals surface area contributed by atoms with Crippen LogP contribution in [0.25, 0.3) is 11.0 Å². The lowest BCUT2D eigenvalue weighted by Crippen LogP contribution is -2.35. The molecule has 19 heavy (non-hydrogen) atoms. The highest BCUT2D eigenvalue weighted by molar-refractivity contribution is 5.76. The molecule has 0 spiro atoms. The Bertz CT molecular complexity index is 564. The quantitative estimate of drug-likeness (QED) is 0.914. The van der Waals surface area contributed by atoms with Gasteiger partial charge >= 0.3 is 0 Å². The molecule has 1 saturated carbocycles. The lowest BCUT2D eigenvalue weighted by Gasteiger charge is -2.27. The molecule has 1 fully saturated rings. The normalized spacial score (nSPS) is 18.2. The molecule has 2 N–H and O–H groups in total. The zero-order valence-corrected chi connectivity index (χ0v) is 11.7. The Hall–Kier alpha value is -1.35. The fourth-order valence-corrected chi connectivity index (χ4v) is 3.50. The molecule has 1 aromatic carbocycles. The van der Waals surface area contributed by atoms with E-state index in [1.54, 1.807) is 0 Å². The van der Waals surface area contributed by atoms with Gasteiger partial charge in [0.1, 0.15) is 5.82 Å². The maximum atomic E-state index is 6.13. The van der Waals surface area contributed by atoms with E-state index in [0.717, 1.165) is 25.0 Å². The summed E-state index contributed by atoms with van der Waals surface area (Å²) in [5, 5.41) is 0. The minimum Gasteiger partial charge on any atom is -0.329 e. The number of fused-ring (bicyclic) bond motifs is 1. The van der Waals surface area contributed by atoms with Crippen LogP contribution in [-0.2, 0) is 12.0 Å². The first kappa shape index (κ1) is 12.7. The van der Waals surface area contributed by atoms with Gasteiger partial charge in [-0.2, -0.15) is 0 Å². The summed E-state index contributed by atoms with van der Waals surface area (Å²) in [5.74, 6) is 1.23. The summed E-state index contributed by atoms with van der Waals surface area (Å²) in [7, 11) is 0. The average Bonchev–Trinajstić information content (AvgIpc) is 3.05. The van der Waals surface area contributed by atoms with Crippen molar-refractivity contribution in [3.05, 3.63) is 30.1 Å². The molecule has 1 aliphatic rings. The van der Waals surface area contributed by atoms with E-state index in [1.165, 1.54) is 37.0 Å². The standard InChI is InChI=1S/C16H23N3/c1-2-11-19-14-8-4-3-7-13(14)18-15(19)16(12-17)9-5-6-10-16/h3-4,7-8H,2,5-6,9-12,17H2,1H3. The zero-order chi connectivity index (χ0) is 13.3. The second-order valence-electron chi connectivity index (χ2n) is 5.77. The van der Waals surface area contributed by atoms with Gasteiger partial charge < -0.3 is 10.3 Å². The van der Waals surface area contributed by atoms with Gasteiger partial charge in [0.15, 0.2) is 0 Å². The molecule has 3 nitrogen and oxygen atoms in total. The first-order valence-corrected chi connectivity index (χ1v) is 7.46. The van der Waals surface area contributed by atoms with Gasteiger partial charge in [-0.25, -0.2) is 4.98 Å². The number of rotatable bonds is 4. The van der Waals surface area contributed by atoms with Gasteiger partial charge in [-0.3, -0.25) is 0 Å². The summed E-state index contributed by atoms with van der Waals surface area (Å²) < 4.78 is 2.41. The molecular formula is C16H23N3. The van der Waals surface area contributed by atoms with Crippen molar-refractivity contribution >= 4 is 11.0 Å². The van der Waals surface area contributed by atoms with Crippen molar-refractivity contribution in [2.75, 3.05) is 6.54 Å². The van der Waals surface area contributed by atoms with E-state index in [4.69, 9.17) is 10.7 Å². The molecular weight excluding hydrogens is 234 g/mol. The molecule has 3 heteroatoms. The minimum absolute atomic E-state index is 0.119. The van der Waals surface area contributed by atoms with Gasteiger partial charge in [-0.1, -0.05) is 31.9 Å². The number of nitrogens with zero attached hydrogens (tertiary/aromatic N) is 2. The van der Waals surface area contributed by atoms with Crippen molar-refractivity contribution in [3.63, 3.8) is 0 Å². The van der Waals surface area contributed by atoms with Crippen molar-refractivity contribution in [2.24, 2.45) is 5.73 Å². The monoisotopic (exact) mass is 257 g/mol. The van der Waals surface area contributed by atoms with Crippen LogP contribution in [0.5, 0.6) is 0 Å². The van der Waals surface area contributed by atoms with Crippen LogP contribution in [0.15, 0.2) is 24.3 Å². The number of benzene rings is 1. The molecule has 0 bridgehead atoms. The molecule has 1 aromatic heterocycles. The summed E-state index contributed by atoms with van der Waals surface area (Å²) in [6, 6.07) is 8.47. The number of aryl methyl sites for hydroxylation is 1. The maximum Gasteiger partial charge on any atom is 0.117 e. The Morgan fingerprint density at radius 1 is 1.26 bits per heavy atom. The topological polar surface area (TPSA) is 43.8 Å². The van der Waals surface area contributed by atoms with E-state index in [2.05, 4.69) is 35.8 Å². The SMILES string of the molecule is CCCn1c(C2(CN)CCCC2)nc2ccccc21. The first-order valence-electron chi connectivity index (χ1n) is 7.46. The second kappa shape index (κ2) is 4.97. The van der Waals surface area contributed by atoms with Crippen molar-refractivity contribution in [3.8, 4) is 0 Å². The third-order valence-corrected chi connectivity index (χ3v) is 4.53. The molecule has 102 valence electrons. The summed E-state index contributed by atoms with van der Waals surface area (Å²) >= 11 is 0. The second-order valence-corrected chi connectivity index (χ2v) is 5.77. The van der Waals surface area contributed by atoms with Gasteiger partial charge in [0.2, 0.25) is 0 Å². The van der Waals surface area contributed by atoms with Crippen LogP contribution in [-0.4, -0.2) is 16.1 Å². The summed E-state index contributed by atoms with van der Waals surface area (Å²) in [4.78, 5) is 4.94. The molecule has 0 unspecified atom stereocenters. The molecule has 2 aromatic rings. The summed E-state index contributed by atoms with van der Waals surface area (Å²) in [5.41, 5.74) is 8.63. The first-order chi connectivity index (χ1) is 9.30. The molecule has 3 rings (SSSR count). The van der Waals surface area contributed by atoms with E-state index in [0.29, 0.717) is 0 Å². The lowest BCUT2D eigenvalue weighted by molar-refractivity contribution is 0.404. The van der Waals surface area contributed by atoms with E-state index in [-0.39, 0.29) is 5.41 Å². The number of imidazole rings is 1. The van der Waals surface area contributed by atoms with Crippen LogP contribution < -0.4 is 5.73 Å². The number of hydrogen-bond donors (Lipinski definition) is 1. The zero-order valence-electron chi connectivity index (χ0n) is 11.7. The molecule has 1 heterocycles. The number of nitrogens with two attached hydrogens (primary N) is 1. The van der Waals surface area contributed by atoms with Crippen LogP contribution in [0, 0.1) is 0 Å². The number of para-hydroxylation sites is 2. The minimum atomic E-state index is 0.119. The highest BCUT2D eigenvalue weighted by Crippen LogP contribution is 2.40. The number of hydrogen-bond acceptors (Lipinski definition) is 2. The summed E-state index contributed by atoms with van der Waals surface area (Å²) in [6.07, 6.45) is 6.08. The smallest absolute Gasteiger partial charge is 0.117 e. The maximum absolute atomic E-state index is 6.13. The number of aromatic nitrogens is 2. The molecule has 1 aliphatic carbocycles. The third kappa shape index (κ3) is 1.96. The van der Waals surface area contributed by atoms with Gasteiger partial charge in [0.05, 0.1) is 11.0 Å². The third-order valence-electron chi connectivity index (χ3n) is 4.53. The predicted molar refractivity (Wildman–Crippen MR) is 79.2 cm³/mol. The Morgan fingerprint density at radius 2 is 2.00 bits per heavy atom. The Balaban J connectivity index is 2.18. The molecule has 0 saturated heterocycles. The van der Waals surface area contributed by atoms with Crippen molar-refractivity contribution < 1.29 is 0 Å². The van der Waals surface area contributed by atoms with Gasteiger partial charge in [-0.05, 0) is 31.4 Å². The van der Waals surface area contributed by atoms with Crippen LogP contribution >= 0.6 is 0 Å². The van der Waals surface area contributed by atoms with Crippen molar-refractivity contribution in [1.82, 2.24) is 9.55 Å². The highest BCUT2D eigenvalue weighted by Gasteiger charge is 2.38. The largest absolute Gasteiger partial charge is 0.329 e. The van der Waals surface area contributed by atoms with Crippen molar-refractivity contribution in [2.45, 2.75) is 51.0 Å². The highest BCUT2D eigenvalue weighted by atomic mass is 15.1. The van der Waals surface area contributed by atoms with Gasteiger partial charge in [0, 0.05) is 18.5 Å². The predicted octanol–water partition coefficient (Wildman–Crippen LogP) is 3.22. The lowest BCUT2D eigenvalue weighted by atomic mass is 9.85. The summed E-state index contributed by atoms with van der Waals surface area (Å²) in [6.45, 7) is 3.99. The molecule has 0 radical (unpaired) electrons. The fraction of sp³-hybridized carbons (Fsp3) is 0.562. The van der Waals surface area contributed by atoms with Crippen LogP contribution in [0.2, 0.25) is 0 Å². The molecule has 0 aliphatic heterocycles. The van der Waals surface area contributed by atoms with Crippen LogP contribution in [0.1, 0.15) is 44.9 Å². The fourth-order valence-electron chi connectivity index (χ4n) is 3.50. The Morgan fingerprint density at radius 3 is 2.68 bits per heavy atom. The van der Waals surface area contributed by atoms with Gasteiger partial charge in [0.25, 0.3) is 0 Å². The van der Waals surface area contributed by atoms with E-state index < -0.39 is 0 Å². The van der Waals surface area contributed by atoms with E-state index in [1.807, 2.05) is 0 Å². The van der Waals surface area contributed by atoms with Crippen LogP contribution in [0.3, 0.4) is 0 Å². The Kier molecular flexibility index (Phi) is 3.31. The molecule has 0 atom stereocenters. The van der Waals surface area contributed by atoms with E-state index >= 15 is 0 Å². The van der Waals surface area contributed by atoms with E-state index in [9.17, 15) is 0 Å². The Labute approximate surface area is 114 Å². The molecule has 0 amide bonds. The average molecular weight is 257 g/mol. The van der Waals surface area contributed by atoms with Gasteiger partial charge in [-0.15, -0.1) is 0 Å². The van der Waals surface area contributed by atoms with Crippen molar-refractivity contribution in [1.29, 1.82) is 0 Å². The van der Waals surface area contributed by atoms with Crippen LogP contribution in [0.4, 0.5) is 0 Å².